The van der Waals surface area contributed by atoms with Crippen LogP contribution < -0.4 is 16.2 Å². The van der Waals surface area contributed by atoms with Crippen molar-refractivity contribution < 1.29 is 4.74 Å². The highest BCUT2D eigenvalue weighted by molar-refractivity contribution is 5.75. The Morgan fingerprint density at radius 3 is 2.87 bits per heavy atom. The van der Waals surface area contributed by atoms with Crippen LogP contribution >= 0.6 is 0 Å². The predicted molar refractivity (Wildman–Crippen MR) is 61.7 cm³/mol. The minimum atomic E-state index is 0.106. The van der Waals surface area contributed by atoms with E-state index in [4.69, 9.17) is 16.2 Å². The molecule has 0 aliphatic rings. The first kappa shape index (κ1) is 11.4. The van der Waals surface area contributed by atoms with Crippen molar-refractivity contribution in [2.24, 2.45) is 16.5 Å². The number of rotatable bonds is 5. The molecule has 0 aromatic heterocycles. The van der Waals surface area contributed by atoms with Crippen molar-refractivity contribution >= 4 is 5.96 Å². The summed E-state index contributed by atoms with van der Waals surface area (Å²) in [6.45, 7) is 3.29. The highest BCUT2D eigenvalue weighted by Gasteiger charge is 1.95. The number of hydrogen-bond donors (Lipinski definition) is 2. The average Bonchev–Trinajstić information content (AvgIpc) is 2.24. The van der Waals surface area contributed by atoms with E-state index in [1.807, 2.05) is 24.3 Å². The van der Waals surface area contributed by atoms with E-state index >= 15 is 0 Å². The van der Waals surface area contributed by atoms with Crippen molar-refractivity contribution in [2.45, 2.75) is 19.9 Å². The molecule has 4 heteroatoms. The fourth-order valence-corrected chi connectivity index (χ4v) is 1.14. The number of benzene rings is 1. The third-order valence-corrected chi connectivity index (χ3v) is 1.82. The molecule has 0 aliphatic carbocycles. The topological polar surface area (TPSA) is 73.6 Å². The summed E-state index contributed by atoms with van der Waals surface area (Å²) in [6, 6.07) is 7.77. The van der Waals surface area contributed by atoms with Gasteiger partial charge in [-0.05, 0) is 24.1 Å². The summed E-state index contributed by atoms with van der Waals surface area (Å²) in [5.41, 5.74) is 11.5. The van der Waals surface area contributed by atoms with Gasteiger partial charge in [-0.15, -0.1) is 0 Å². The lowest BCUT2D eigenvalue weighted by Gasteiger charge is -2.05. The lowest BCUT2D eigenvalue weighted by molar-refractivity contribution is 0.317. The van der Waals surface area contributed by atoms with Crippen LogP contribution in [0.5, 0.6) is 5.75 Å². The third kappa shape index (κ3) is 4.35. The molecule has 1 rings (SSSR count). The smallest absolute Gasteiger partial charge is 0.186 e. The highest BCUT2D eigenvalue weighted by Crippen LogP contribution is 2.14. The summed E-state index contributed by atoms with van der Waals surface area (Å²) in [5, 5.41) is 0. The van der Waals surface area contributed by atoms with Crippen LogP contribution in [0.25, 0.3) is 0 Å². The second-order valence-electron chi connectivity index (χ2n) is 3.24. The Bertz CT molecular complexity index is 332. The van der Waals surface area contributed by atoms with Gasteiger partial charge in [0, 0.05) is 0 Å². The summed E-state index contributed by atoms with van der Waals surface area (Å²) in [4.78, 5) is 3.93. The summed E-state index contributed by atoms with van der Waals surface area (Å²) < 4.78 is 5.49. The zero-order valence-electron chi connectivity index (χ0n) is 8.94. The maximum absolute atomic E-state index is 5.49. The second kappa shape index (κ2) is 5.90. The standard InChI is InChI=1S/C11H17N3O/c1-2-6-15-10-5-3-4-9(7-10)8-14-11(12)13/h3-5,7H,2,6,8H2,1H3,(H4,12,13,14). The second-order valence-corrected chi connectivity index (χ2v) is 3.24. The molecule has 0 amide bonds. The zero-order valence-corrected chi connectivity index (χ0v) is 8.94. The Labute approximate surface area is 89.9 Å². The molecule has 0 heterocycles. The molecule has 15 heavy (non-hydrogen) atoms. The summed E-state index contributed by atoms with van der Waals surface area (Å²) in [6.07, 6.45) is 0.998. The van der Waals surface area contributed by atoms with Crippen molar-refractivity contribution in [3.05, 3.63) is 29.8 Å². The molecule has 0 spiro atoms. The number of ether oxygens (including phenoxy) is 1. The first-order chi connectivity index (χ1) is 7.22. The molecule has 1 aromatic rings. The van der Waals surface area contributed by atoms with E-state index in [9.17, 15) is 0 Å². The quantitative estimate of drug-likeness (QED) is 0.563. The summed E-state index contributed by atoms with van der Waals surface area (Å²) in [5.74, 6) is 0.968. The fraction of sp³-hybridized carbons (Fsp3) is 0.364. The van der Waals surface area contributed by atoms with Crippen LogP contribution in [0.15, 0.2) is 29.3 Å². The third-order valence-electron chi connectivity index (χ3n) is 1.82. The monoisotopic (exact) mass is 207 g/mol. The Morgan fingerprint density at radius 1 is 1.40 bits per heavy atom. The molecule has 4 nitrogen and oxygen atoms in total. The molecule has 0 bridgehead atoms. The molecular formula is C11H17N3O. The lowest BCUT2D eigenvalue weighted by Crippen LogP contribution is -2.22. The van der Waals surface area contributed by atoms with Crippen LogP contribution in [-0.2, 0) is 6.54 Å². The van der Waals surface area contributed by atoms with Crippen molar-refractivity contribution in [2.75, 3.05) is 6.61 Å². The molecule has 0 radical (unpaired) electrons. The van der Waals surface area contributed by atoms with E-state index in [2.05, 4.69) is 11.9 Å². The number of hydrogen-bond acceptors (Lipinski definition) is 2. The van der Waals surface area contributed by atoms with Crippen LogP contribution in [-0.4, -0.2) is 12.6 Å². The van der Waals surface area contributed by atoms with Gasteiger partial charge in [0.05, 0.1) is 13.2 Å². The van der Waals surface area contributed by atoms with Gasteiger partial charge in [0.25, 0.3) is 0 Å². The normalized spacial score (nSPS) is 9.67. The Kier molecular flexibility index (Phi) is 4.47. The van der Waals surface area contributed by atoms with E-state index in [1.165, 1.54) is 0 Å². The largest absolute Gasteiger partial charge is 0.494 e. The van der Waals surface area contributed by atoms with E-state index in [1.54, 1.807) is 0 Å². The van der Waals surface area contributed by atoms with Gasteiger partial charge >= 0.3 is 0 Å². The van der Waals surface area contributed by atoms with Crippen LogP contribution in [0.4, 0.5) is 0 Å². The zero-order chi connectivity index (χ0) is 11.1. The molecule has 1 aromatic carbocycles. The average molecular weight is 207 g/mol. The van der Waals surface area contributed by atoms with Crippen molar-refractivity contribution in [3.63, 3.8) is 0 Å². The van der Waals surface area contributed by atoms with Crippen molar-refractivity contribution in [1.29, 1.82) is 0 Å². The molecule has 0 fully saturated rings. The first-order valence-electron chi connectivity index (χ1n) is 4.99. The van der Waals surface area contributed by atoms with Crippen LogP contribution in [0.1, 0.15) is 18.9 Å². The minimum absolute atomic E-state index is 0.106. The van der Waals surface area contributed by atoms with Crippen LogP contribution in [0.3, 0.4) is 0 Å². The maximum atomic E-state index is 5.49. The van der Waals surface area contributed by atoms with E-state index < -0.39 is 0 Å². The summed E-state index contributed by atoms with van der Waals surface area (Å²) >= 11 is 0. The fourth-order valence-electron chi connectivity index (χ4n) is 1.14. The number of nitrogens with two attached hydrogens (primary N) is 2. The van der Waals surface area contributed by atoms with E-state index in [0.717, 1.165) is 24.3 Å². The van der Waals surface area contributed by atoms with Gasteiger partial charge in [-0.2, -0.15) is 0 Å². The Morgan fingerprint density at radius 2 is 2.20 bits per heavy atom. The van der Waals surface area contributed by atoms with Gasteiger partial charge in [0.1, 0.15) is 5.75 Å². The van der Waals surface area contributed by atoms with Gasteiger partial charge in [0.15, 0.2) is 5.96 Å². The highest BCUT2D eigenvalue weighted by atomic mass is 16.5. The van der Waals surface area contributed by atoms with Gasteiger partial charge in [0.2, 0.25) is 0 Å². The van der Waals surface area contributed by atoms with Crippen LogP contribution in [0.2, 0.25) is 0 Å². The van der Waals surface area contributed by atoms with E-state index in [-0.39, 0.29) is 5.96 Å². The van der Waals surface area contributed by atoms with Crippen molar-refractivity contribution in [3.8, 4) is 5.75 Å². The minimum Gasteiger partial charge on any atom is -0.494 e. The predicted octanol–water partition coefficient (Wildman–Crippen LogP) is 1.25. The molecule has 0 saturated carbocycles. The molecular weight excluding hydrogens is 190 g/mol. The number of aliphatic imine (C=N–C) groups is 1. The lowest BCUT2D eigenvalue weighted by atomic mass is 10.2. The number of nitrogens with zero attached hydrogens (tertiary/aromatic N) is 1. The van der Waals surface area contributed by atoms with Crippen molar-refractivity contribution in [1.82, 2.24) is 0 Å². The molecule has 0 unspecified atom stereocenters. The van der Waals surface area contributed by atoms with Gasteiger partial charge in [-0.25, -0.2) is 4.99 Å². The molecule has 82 valence electrons. The van der Waals surface area contributed by atoms with Gasteiger partial charge in [-0.1, -0.05) is 19.1 Å². The number of guanidine groups is 1. The Balaban J connectivity index is 2.61. The maximum Gasteiger partial charge on any atom is 0.186 e. The molecule has 4 N–H and O–H groups in total. The Hall–Kier alpha value is -1.71. The molecule has 0 aliphatic heterocycles. The first-order valence-corrected chi connectivity index (χ1v) is 4.99. The van der Waals surface area contributed by atoms with Gasteiger partial charge in [-0.3, -0.25) is 0 Å². The molecule has 0 atom stereocenters. The SMILES string of the molecule is CCCOc1cccc(CN=C(N)N)c1. The van der Waals surface area contributed by atoms with Gasteiger partial charge < -0.3 is 16.2 Å². The van der Waals surface area contributed by atoms with E-state index in [0.29, 0.717) is 6.54 Å². The van der Waals surface area contributed by atoms with Crippen LogP contribution in [0, 0.1) is 0 Å². The summed E-state index contributed by atoms with van der Waals surface area (Å²) in [7, 11) is 0. The molecule has 0 saturated heterocycles.